The Hall–Kier alpha value is -2.80. The molecule has 0 aliphatic rings. The number of anilines is 1. The third-order valence-electron chi connectivity index (χ3n) is 3.16. The van der Waals surface area contributed by atoms with Crippen molar-refractivity contribution < 1.29 is 10.0 Å². The van der Waals surface area contributed by atoms with Crippen LogP contribution in [-0.2, 0) is 0 Å². The Morgan fingerprint density at radius 2 is 1.50 bits per heavy atom. The molecule has 0 aliphatic carbocycles. The lowest BCUT2D eigenvalue weighted by Gasteiger charge is -2.22. The molecule has 0 bridgehead atoms. The smallest absolute Gasteiger partial charge is 0.269 e. The van der Waals surface area contributed by atoms with Gasteiger partial charge in [-0.15, -0.1) is 0 Å². The highest BCUT2D eigenvalue weighted by Crippen LogP contribution is 2.23. The Morgan fingerprint density at radius 1 is 1.05 bits per heavy atom. The van der Waals surface area contributed by atoms with Gasteiger partial charge in [-0.2, -0.15) is 10.2 Å². The molecule has 2 aromatic carbocycles. The molecule has 1 unspecified atom stereocenters. The first-order chi connectivity index (χ1) is 10.5. The number of hydrogen-bond donors (Lipinski definition) is 1. The van der Waals surface area contributed by atoms with E-state index in [1.807, 2.05) is 12.1 Å². The van der Waals surface area contributed by atoms with Crippen molar-refractivity contribution in [1.29, 1.82) is 0 Å². The minimum absolute atomic E-state index is 0.0180. The van der Waals surface area contributed by atoms with Gasteiger partial charge in [-0.1, -0.05) is 0 Å². The predicted octanol–water partition coefficient (Wildman–Crippen LogP) is 3.78. The lowest BCUT2D eigenvalue weighted by atomic mass is 10.2. The van der Waals surface area contributed by atoms with E-state index >= 15 is 0 Å². The maximum atomic E-state index is 10.6. The van der Waals surface area contributed by atoms with Gasteiger partial charge < -0.3 is 10.0 Å². The van der Waals surface area contributed by atoms with Crippen LogP contribution in [0.3, 0.4) is 0 Å². The predicted molar refractivity (Wildman–Crippen MR) is 83.8 cm³/mol. The minimum atomic E-state index is -0.576. The highest BCUT2D eigenvalue weighted by Gasteiger charge is 2.06. The second-order valence-electron chi connectivity index (χ2n) is 4.73. The molecule has 0 heterocycles. The molecule has 22 heavy (non-hydrogen) atoms. The first-order valence-corrected chi connectivity index (χ1v) is 6.64. The van der Waals surface area contributed by atoms with E-state index in [1.165, 1.54) is 24.3 Å². The Labute approximate surface area is 127 Å². The number of hydrogen-bond acceptors (Lipinski definition) is 6. The molecular formula is C15H16N4O3. The van der Waals surface area contributed by atoms with Gasteiger partial charge in [-0.05, 0) is 43.3 Å². The highest BCUT2D eigenvalue weighted by atomic mass is 16.6. The van der Waals surface area contributed by atoms with E-state index in [-0.39, 0.29) is 5.69 Å². The first-order valence-electron chi connectivity index (χ1n) is 6.64. The van der Waals surface area contributed by atoms with Crippen LogP contribution in [0.2, 0.25) is 0 Å². The third-order valence-corrected chi connectivity index (χ3v) is 3.16. The minimum Gasteiger partial charge on any atom is -0.374 e. The normalized spacial score (nSPS) is 12.3. The second kappa shape index (κ2) is 6.77. The molecule has 0 saturated carbocycles. The molecular weight excluding hydrogens is 284 g/mol. The summed E-state index contributed by atoms with van der Waals surface area (Å²) in [5, 5.41) is 28.1. The number of nitro groups is 1. The maximum Gasteiger partial charge on any atom is 0.269 e. The van der Waals surface area contributed by atoms with Crippen molar-refractivity contribution in [1.82, 2.24) is 0 Å². The fourth-order valence-electron chi connectivity index (χ4n) is 1.73. The molecule has 7 heteroatoms. The molecule has 0 aliphatic heterocycles. The van der Waals surface area contributed by atoms with Gasteiger partial charge in [0.05, 0.1) is 16.3 Å². The zero-order valence-corrected chi connectivity index (χ0v) is 12.2. The summed E-state index contributed by atoms with van der Waals surface area (Å²) >= 11 is 0. The summed E-state index contributed by atoms with van der Waals surface area (Å²) in [5.41, 5.74) is 2.07. The number of rotatable bonds is 5. The highest BCUT2D eigenvalue weighted by molar-refractivity contribution is 5.52. The van der Waals surface area contributed by atoms with Crippen molar-refractivity contribution in [3.05, 3.63) is 58.6 Å². The van der Waals surface area contributed by atoms with Crippen molar-refractivity contribution in [3.8, 4) is 0 Å². The van der Waals surface area contributed by atoms with Gasteiger partial charge in [0.15, 0.2) is 0 Å². The van der Waals surface area contributed by atoms with Crippen LogP contribution in [0, 0.1) is 10.1 Å². The Morgan fingerprint density at radius 3 is 1.91 bits per heavy atom. The number of aliphatic hydroxyl groups is 1. The zero-order valence-electron chi connectivity index (χ0n) is 12.2. The van der Waals surface area contributed by atoms with Gasteiger partial charge in [0.1, 0.15) is 6.23 Å². The van der Waals surface area contributed by atoms with Gasteiger partial charge in [0.2, 0.25) is 0 Å². The number of nitrogens with zero attached hydrogens (tertiary/aromatic N) is 4. The standard InChI is InChI=1S/C15H16N4O3/c1-11(20)18(2)14-7-3-12(4-8-14)16-17-13-5-9-15(10-6-13)19(21)22/h3-11,20H,1-2H3/b17-16+. The van der Waals surface area contributed by atoms with Gasteiger partial charge in [-0.25, -0.2) is 0 Å². The lowest BCUT2D eigenvalue weighted by molar-refractivity contribution is -0.384. The van der Waals surface area contributed by atoms with Crippen LogP contribution in [-0.4, -0.2) is 23.3 Å². The van der Waals surface area contributed by atoms with Crippen LogP contribution in [0.4, 0.5) is 22.7 Å². The van der Waals surface area contributed by atoms with E-state index in [2.05, 4.69) is 10.2 Å². The van der Waals surface area contributed by atoms with Crippen molar-refractivity contribution in [2.45, 2.75) is 13.2 Å². The largest absolute Gasteiger partial charge is 0.374 e. The molecule has 1 N–H and O–H groups in total. The van der Waals surface area contributed by atoms with E-state index < -0.39 is 11.2 Å². The van der Waals surface area contributed by atoms with Gasteiger partial charge in [-0.3, -0.25) is 10.1 Å². The van der Waals surface area contributed by atoms with E-state index in [0.29, 0.717) is 11.4 Å². The third kappa shape index (κ3) is 3.86. The van der Waals surface area contributed by atoms with Gasteiger partial charge in [0.25, 0.3) is 5.69 Å². The molecule has 0 spiro atoms. The van der Waals surface area contributed by atoms with Crippen LogP contribution >= 0.6 is 0 Å². The maximum absolute atomic E-state index is 10.6. The fourth-order valence-corrected chi connectivity index (χ4v) is 1.73. The number of nitro benzene ring substituents is 1. The number of aliphatic hydroxyl groups excluding tert-OH is 1. The molecule has 0 aromatic heterocycles. The van der Waals surface area contributed by atoms with Crippen LogP contribution in [0.15, 0.2) is 58.8 Å². The summed E-state index contributed by atoms with van der Waals surface area (Å²) in [6.07, 6.45) is -0.576. The van der Waals surface area contributed by atoms with Crippen LogP contribution in [0.25, 0.3) is 0 Å². The average molecular weight is 300 g/mol. The van der Waals surface area contributed by atoms with Crippen LogP contribution in [0.5, 0.6) is 0 Å². The summed E-state index contributed by atoms with van der Waals surface area (Å²) in [7, 11) is 1.79. The van der Waals surface area contributed by atoms with Gasteiger partial charge >= 0.3 is 0 Å². The van der Waals surface area contributed by atoms with Gasteiger partial charge in [0, 0.05) is 24.9 Å². The monoisotopic (exact) mass is 300 g/mol. The Balaban J connectivity index is 2.08. The van der Waals surface area contributed by atoms with Crippen molar-refractivity contribution >= 4 is 22.7 Å². The SMILES string of the molecule is CC(O)N(C)c1ccc(/N=N/c2ccc([N+](=O)[O-])cc2)cc1. The van der Waals surface area contributed by atoms with Crippen molar-refractivity contribution in [3.63, 3.8) is 0 Å². The number of azo groups is 1. The molecule has 2 rings (SSSR count). The van der Waals surface area contributed by atoms with E-state index in [0.717, 1.165) is 5.69 Å². The van der Waals surface area contributed by atoms with E-state index in [4.69, 9.17) is 0 Å². The molecule has 0 amide bonds. The summed E-state index contributed by atoms with van der Waals surface area (Å²) in [6, 6.07) is 13.1. The molecule has 0 radical (unpaired) electrons. The molecule has 114 valence electrons. The molecule has 2 aromatic rings. The van der Waals surface area contributed by atoms with E-state index in [1.54, 1.807) is 31.0 Å². The second-order valence-corrected chi connectivity index (χ2v) is 4.73. The van der Waals surface area contributed by atoms with E-state index in [9.17, 15) is 15.2 Å². The first kappa shape index (κ1) is 15.6. The molecule has 0 saturated heterocycles. The average Bonchev–Trinajstić information content (AvgIpc) is 2.53. The summed E-state index contributed by atoms with van der Waals surface area (Å²) < 4.78 is 0. The fraction of sp³-hybridized carbons (Fsp3) is 0.200. The molecule has 0 fully saturated rings. The summed E-state index contributed by atoms with van der Waals surface area (Å²) in [4.78, 5) is 11.8. The van der Waals surface area contributed by atoms with Crippen molar-refractivity contribution in [2.24, 2.45) is 10.2 Å². The molecule has 7 nitrogen and oxygen atoms in total. The lowest BCUT2D eigenvalue weighted by Crippen LogP contribution is -2.27. The summed E-state index contributed by atoms with van der Waals surface area (Å²) in [6.45, 7) is 1.68. The molecule has 1 atom stereocenters. The zero-order chi connectivity index (χ0) is 16.1. The Bertz CT molecular complexity index is 666. The van der Waals surface area contributed by atoms with Crippen LogP contribution in [0.1, 0.15) is 6.92 Å². The summed E-state index contributed by atoms with van der Waals surface area (Å²) in [5.74, 6) is 0. The topological polar surface area (TPSA) is 91.3 Å². The number of non-ortho nitro benzene ring substituents is 1. The quantitative estimate of drug-likeness (QED) is 0.393. The van der Waals surface area contributed by atoms with Crippen LogP contribution < -0.4 is 4.90 Å². The van der Waals surface area contributed by atoms with Crippen molar-refractivity contribution in [2.75, 3.05) is 11.9 Å². The Kier molecular flexibility index (Phi) is 4.80. The number of benzene rings is 2.